The van der Waals surface area contributed by atoms with E-state index >= 15 is 0 Å². The maximum atomic E-state index is 12.3. The minimum atomic E-state index is -4.57. The Kier molecular flexibility index (Phi) is 4.87. The number of amides is 1. The lowest BCUT2D eigenvalue weighted by Crippen LogP contribution is -2.23. The minimum absolute atomic E-state index is 0.0850. The Morgan fingerprint density at radius 3 is 2.40 bits per heavy atom. The molecular formula is C15H19N3O6S. The van der Waals surface area contributed by atoms with Crippen molar-refractivity contribution in [1.29, 1.82) is 0 Å². The largest absolute Gasteiger partial charge is 0.461 e. The van der Waals surface area contributed by atoms with E-state index in [-0.39, 0.29) is 46.1 Å². The summed E-state index contributed by atoms with van der Waals surface area (Å²) < 4.78 is 37.8. The molecular weight excluding hydrogens is 350 g/mol. The van der Waals surface area contributed by atoms with Crippen LogP contribution in [0.2, 0.25) is 0 Å². The fraction of sp³-hybridized carbons (Fsp3) is 0.400. The van der Waals surface area contributed by atoms with Crippen LogP contribution in [0.25, 0.3) is 0 Å². The van der Waals surface area contributed by atoms with Gasteiger partial charge in [0.1, 0.15) is 4.90 Å². The van der Waals surface area contributed by atoms with Crippen LogP contribution in [0.1, 0.15) is 30.0 Å². The van der Waals surface area contributed by atoms with Crippen LogP contribution in [-0.2, 0) is 24.4 Å². The van der Waals surface area contributed by atoms with Gasteiger partial charge in [0.2, 0.25) is 0 Å². The molecule has 1 aliphatic rings. The van der Waals surface area contributed by atoms with Crippen molar-refractivity contribution in [2.75, 3.05) is 17.3 Å². The van der Waals surface area contributed by atoms with E-state index in [0.29, 0.717) is 5.56 Å². The van der Waals surface area contributed by atoms with Gasteiger partial charge in [0.15, 0.2) is 5.71 Å². The number of nitrogens with two attached hydrogens (primary N) is 1. The smallest absolute Gasteiger partial charge is 0.355 e. The molecule has 1 aromatic carbocycles. The summed E-state index contributed by atoms with van der Waals surface area (Å²) in [6.07, 6.45) is -0.271. The number of rotatable bonds is 4. The normalized spacial score (nSPS) is 14.7. The number of nitrogens with zero attached hydrogens (tertiary/aromatic N) is 2. The quantitative estimate of drug-likeness (QED) is 0.460. The first-order chi connectivity index (χ1) is 11.5. The third-order valence-corrected chi connectivity index (χ3v) is 5.08. The summed E-state index contributed by atoms with van der Waals surface area (Å²) in [6.45, 7) is 6.25. The molecule has 0 fully saturated rings. The van der Waals surface area contributed by atoms with E-state index in [1.165, 1.54) is 13.8 Å². The van der Waals surface area contributed by atoms with Gasteiger partial charge in [-0.3, -0.25) is 9.35 Å². The van der Waals surface area contributed by atoms with E-state index in [1.807, 2.05) is 0 Å². The van der Waals surface area contributed by atoms with E-state index in [0.717, 1.165) is 5.01 Å². The lowest BCUT2D eigenvalue weighted by molar-refractivity contribution is -0.135. The van der Waals surface area contributed by atoms with Gasteiger partial charge in [-0.2, -0.15) is 18.5 Å². The molecule has 1 aromatic rings. The topological polar surface area (TPSA) is 139 Å². The molecule has 1 aliphatic heterocycles. The van der Waals surface area contributed by atoms with E-state index in [2.05, 4.69) is 5.10 Å². The number of hydrazone groups is 1. The zero-order valence-corrected chi connectivity index (χ0v) is 15.1. The van der Waals surface area contributed by atoms with Gasteiger partial charge in [0.25, 0.3) is 16.0 Å². The Hall–Kier alpha value is -2.46. The summed E-state index contributed by atoms with van der Waals surface area (Å²) >= 11 is 0. The van der Waals surface area contributed by atoms with Gasteiger partial charge in [-0.1, -0.05) is 0 Å². The number of carbonyl (C=O) groups excluding carboxylic acids is 2. The zero-order chi connectivity index (χ0) is 19.1. The number of hydrogen-bond donors (Lipinski definition) is 2. The third kappa shape index (κ3) is 3.22. The Labute approximate surface area is 145 Å². The molecule has 1 amide bonds. The number of carbonyl (C=O) groups is 2. The molecule has 0 saturated heterocycles. The summed E-state index contributed by atoms with van der Waals surface area (Å²) in [5.74, 6) is -1.25. The first kappa shape index (κ1) is 18.9. The molecule has 0 spiro atoms. The van der Waals surface area contributed by atoms with Gasteiger partial charge in [0, 0.05) is 5.69 Å². The number of ether oxygens (including phenoxy) is 1. The number of hydrogen-bond acceptors (Lipinski definition) is 7. The number of esters is 1. The first-order valence-electron chi connectivity index (χ1n) is 7.44. The van der Waals surface area contributed by atoms with Crippen molar-refractivity contribution >= 4 is 39.1 Å². The van der Waals surface area contributed by atoms with Crippen molar-refractivity contribution in [1.82, 2.24) is 0 Å². The summed E-state index contributed by atoms with van der Waals surface area (Å²) in [5.41, 5.74) is 6.83. The molecule has 0 bridgehead atoms. The van der Waals surface area contributed by atoms with Crippen molar-refractivity contribution < 1.29 is 27.3 Å². The minimum Gasteiger partial charge on any atom is -0.461 e. The molecule has 136 valence electrons. The van der Waals surface area contributed by atoms with Gasteiger partial charge in [0.05, 0.1) is 18.7 Å². The molecule has 25 heavy (non-hydrogen) atoms. The second kappa shape index (κ2) is 6.45. The first-order valence-corrected chi connectivity index (χ1v) is 8.88. The van der Waals surface area contributed by atoms with Gasteiger partial charge < -0.3 is 10.5 Å². The predicted molar refractivity (Wildman–Crippen MR) is 91.1 cm³/mol. The fourth-order valence-corrected chi connectivity index (χ4v) is 3.82. The Morgan fingerprint density at radius 1 is 1.28 bits per heavy atom. The molecule has 3 N–H and O–H groups in total. The standard InChI is InChI=1S/C15H19N3O6S/c1-5-24-15(20)10-6-11(19)18(17-10)13-7(2)12(16)8(3)14(9(13)4)25(21,22)23/h5-6,16H2,1-4H3,(H,21,22,23). The van der Waals surface area contributed by atoms with Crippen molar-refractivity contribution in [3.63, 3.8) is 0 Å². The second-order valence-electron chi connectivity index (χ2n) is 5.59. The summed E-state index contributed by atoms with van der Waals surface area (Å²) in [6, 6.07) is 0. The van der Waals surface area contributed by atoms with Crippen LogP contribution >= 0.6 is 0 Å². The predicted octanol–water partition coefficient (Wildman–Crippen LogP) is 1.10. The Morgan fingerprint density at radius 2 is 1.88 bits per heavy atom. The molecule has 0 aliphatic carbocycles. The van der Waals surface area contributed by atoms with Gasteiger partial charge in [-0.25, -0.2) is 4.79 Å². The van der Waals surface area contributed by atoms with Crippen molar-refractivity contribution in [2.45, 2.75) is 39.0 Å². The Balaban J connectivity index is 2.70. The van der Waals surface area contributed by atoms with Gasteiger partial charge in [-0.15, -0.1) is 0 Å². The zero-order valence-electron chi connectivity index (χ0n) is 14.3. The molecule has 0 atom stereocenters. The highest BCUT2D eigenvalue weighted by Gasteiger charge is 2.34. The molecule has 9 nitrogen and oxygen atoms in total. The van der Waals surface area contributed by atoms with Crippen LogP contribution in [0.3, 0.4) is 0 Å². The lowest BCUT2D eigenvalue weighted by atomic mass is 10.0. The molecule has 10 heteroatoms. The van der Waals surface area contributed by atoms with Crippen molar-refractivity contribution in [2.24, 2.45) is 5.10 Å². The maximum absolute atomic E-state index is 12.3. The maximum Gasteiger partial charge on any atom is 0.355 e. The van der Waals surface area contributed by atoms with E-state index in [1.54, 1.807) is 13.8 Å². The lowest BCUT2D eigenvalue weighted by Gasteiger charge is -2.22. The van der Waals surface area contributed by atoms with Crippen molar-refractivity contribution in [3.8, 4) is 0 Å². The summed E-state index contributed by atoms with van der Waals surface area (Å²) in [4.78, 5) is 23.7. The number of nitrogen functional groups attached to an aromatic ring is 1. The van der Waals surface area contributed by atoms with Crippen LogP contribution in [0, 0.1) is 20.8 Å². The summed E-state index contributed by atoms with van der Waals surface area (Å²) in [7, 11) is -4.57. The van der Waals surface area contributed by atoms with Crippen LogP contribution in [0.4, 0.5) is 11.4 Å². The van der Waals surface area contributed by atoms with Crippen LogP contribution in [-0.4, -0.2) is 37.2 Å². The molecule has 0 saturated carbocycles. The molecule has 0 radical (unpaired) electrons. The molecule has 0 unspecified atom stereocenters. The molecule has 2 rings (SSSR count). The third-order valence-electron chi connectivity index (χ3n) is 3.96. The van der Waals surface area contributed by atoms with Crippen LogP contribution in [0.5, 0.6) is 0 Å². The van der Waals surface area contributed by atoms with E-state index < -0.39 is 22.0 Å². The highest BCUT2D eigenvalue weighted by atomic mass is 32.2. The second-order valence-corrected chi connectivity index (χ2v) is 6.95. The molecule has 1 heterocycles. The Bertz CT molecular complexity index is 905. The highest BCUT2D eigenvalue weighted by Crippen LogP contribution is 2.39. The SMILES string of the molecule is CCOC(=O)C1=NN(c2c(C)c(N)c(C)c(S(=O)(=O)O)c2C)C(=O)C1. The van der Waals surface area contributed by atoms with Gasteiger partial charge >= 0.3 is 5.97 Å². The monoisotopic (exact) mass is 369 g/mol. The average molecular weight is 369 g/mol. The van der Waals surface area contributed by atoms with E-state index in [4.69, 9.17) is 10.5 Å². The average Bonchev–Trinajstić information content (AvgIpc) is 2.86. The van der Waals surface area contributed by atoms with Crippen LogP contribution in [0.15, 0.2) is 10.00 Å². The van der Waals surface area contributed by atoms with Gasteiger partial charge in [-0.05, 0) is 44.4 Å². The summed E-state index contributed by atoms with van der Waals surface area (Å²) in [5, 5.41) is 4.90. The van der Waals surface area contributed by atoms with Crippen LogP contribution < -0.4 is 10.7 Å². The van der Waals surface area contributed by atoms with Crippen molar-refractivity contribution in [3.05, 3.63) is 16.7 Å². The highest BCUT2D eigenvalue weighted by molar-refractivity contribution is 7.86. The van der Waals surface area contributed by atoms with E-state index in [9.17, 15) is 22.6 Å². The fourth-order valence-electron chi connectivity index (χ4n) is 2.84. The number of anilines is 2. The molecule has 0 aromatic heterocycles. The number of benzene rings is 1.